The van der Waals surface area contributed by atoms with Gasteiger partial charge in [-0.15, -0.1) is 11.3 Å². The van der Waals surface area contributed by atoms with Crippen molar-refractivity contribution >= 4 is 21.4 Å². The zero-order valence-electron chi connectivity index (χ0n) is 14.4. The third-order valence-corrected chi connectivity index (χ3v) is 7.75. The second-order valence-corrected chi connectivity index (χ2v) is 9.85. The molecule has 0 amide bonds. The second-order valence-electron chi connectivity index (χ2n) is 6.93. The van der Waals surface area contributed by atoms with Crippen LogP contribution in [0.4, 0.5) is 0 Å². The van der Waals surface area contributed by atoms with E-state index in [9.17, 15) is 13.5 Å². The van der Waals surface area contributed by atoms with Gasteiger partial charge >= 0.3 is 0 Å². The maximum atomic E-state index is 12.5. The molecule has 1 aliphatic rings. The molecule has 2 aromatic rings. The number of aliphatic hydroxyl groups is 1. The molecule has 3 rings (SSSR count). The van der Waals surface area contributed by atoms with E-state index in [-0.39, 0.29) is 11.2 Å². The van der Waals surface area contributed by atoms with Gasteiger partial charge in [0.05, 0.1) is 11.9 Å². The van der Waals surface area contributed by atoms with Gasteiger partial charge in [-0.3, -0.25) is 0 Å². The summed E-state index contributed by atoms with van der Waals surface area (Å²) >= 11 is 1.61. The first-order chi connectivity index (χ1) is 11.9. The minimum Gasteiger partial charge on any atom is -0.388 e. The number of thiophene rings is 1. The number of aliphatic hydroxyl groups excluding tert-OH is 1. The minimum absolute atomic E-state index is 0.00723. The van der Waals surface area contributed by atoms with Crippen LogP contribution in [0, 0.1) is 0 Å². The summed E-state index contributed by atoms with van der Waals surface area (Å²) in [5.41, 5.74) is 0.657. The zero-order valence-corrected chi connectivity index (χ0v) is 16.1. The average Bonchev–Trinajstić information content (AvgIpc) is 3.24. The standard InChI is InChI=1S/C19H25NO3S2/c1-15(21)17-9-10-18(24-17)19(11-5-6-12-19)14-20-25(22,23)13-16-7-3-2-4-8-16/h2-4,7-10,15,20-21H,5-6,11-14H2,1H3. The molecule has 0 spiro atoms. The highest BCUT2D eigenvalue weighted by Gasteiger charge is 2.38. The van der Waals surface area contributed by atoms with E-state index in [0.717, 1.165) is 36.1 Å². The predicted octanol–water partition coefficient (Wildman–Crippen LogP) is 3.73. The number of benzene rings is 1. The summed E-state index contributed by atoms with van der Waals surface area (Å²) in [6.07, 6.45) is 3.72. The van der Waals surface area contributed by atoms with Crippen LogP contribution in [0.15, 0.2) is 42.5 Å². The molecule has 6 heteroatoms. The first-order valence-electron chi connectivity index (χ1n) is 8.70. The lowest BCUT2D eigenvalue weighted by molar-refractivity contribution is 0.203. The van der Waals surface area contributed by atoms with Gasteiger partial charge in [-0.1, -0.05) is 43.2 Å². The van der Waals surface area contributed by atoms with Crippen molar-refractivity contribution in [2.75, 3.05) is 6.54 Å². The first-order valence-corrected chi connectivity index (χ1v) is 11.2. The van der Waals surface area contributed by atoms with Crippen LogP contribution in [0.1, 0.15) is 54.0 Å². The van der Waals surface area contributed by atoms with Crippen LogP contribution < -0.4 is 4.72 Å². The van der Waals surface area contributed by atoms with E-state index in [1.165, 1.54) is 4.88 Å². The van der Waals surface area contributed by atoms with Crippen molar-refractivity contribution in [1.82, 2.24) is 4.72 Å². The van der Waals surface area contributed by atoms with E-state index in [1.54, 1.807) is 18.3 Å². The van der Waals surface area contributed by atoms with Crippen molar-refractivity contribution < 1.29 is 13.5 Å². The van der Waals surface area contributed by atoms with Crippen molar-refractivity contribution in [1.29, 1.82) is 0 Å². The molecular weight excluding hydrogens is 354 g/mol. The number of nitrogens with one attached hydrogen (secondary N) is 1. The van der Waals surface area contributed by atoms with Gasteiger partial charge in [0.25, 0.3) is 0 Å². The highest BCUT2D eigenvalue weighted by atomic mass is 32.2. The van der Waals surface area contributed by atoms with Crippen LogP contribution in [0.25, 0.3) is 0 Å². The summed E-state index contributed by atoms with van der Waals surface area (Å²) in [5.74, 6) is 0.00723. The number of rotatable bonds is 7. The van der Waals surface area contributed by atoms with Gasteiger partial charge in [0, 0.05) is 21.7 Å². The number of sulfonamides is 1. The summed E-state index contributed by atoms with van der Waals surface area (Å²) in [6, 6.07) is 13.3. The molecule has 1 aliphatic carbocycles. The fraction of sp³-hybridized carbons (Fsp3) is 0.474. The number of hydrogen-bond donors (Lipinski definition) is 2. The summed E-state index contributed by atoms with van der Waals surface area (Å²) < 4.78 is 27.8. The largest absolute Gasteiger partial charge is 0.388 e. The second kappa shape index (κ2) is 7.58. The fourth-order valence-electron chi connectivity index (χ4n) is 3.52. The Morgan fingerprint density at radius 1 is 1.16 bits per heavy atom. The van der Waals surface area contributed by atoms with Crippen LogP contribution in [-0.4, -0.2) is 20.1 Å². The first kappa shape index (κ1) is 18.6. The molecule has 0 bridgehead atoms. The van der Waals surface area contributed by atoms with Gasteiger partial charge in [-0.05, 0) is 37.5 Å². The Bertz CT molecular complexity index is 791. The van der Waals surface area contributed by atoms with E-state index in [1.807, 2.05) is 36.4 Å². The molecule has 1 saturated carbocycles. The van der Waals surface area contributed by atoms with Gasteiger partial charge in [0.1, 0.15) is 0 Å². The lowest BCUT2D eigenvalue weighted by Crippen LogP contribution is -2.39. The van der Waals surface area contributed by atoms with Crippen LogP contribution in [0.2, 0.25) is 0 Å². The molecule has 25 heavy (non-hydrogen) atoms. The van der Waals surface area contributed by atoms with Gasteiger partial charge in [-0.25, -0.2) is 13.1 Å². The maximum absolute atomic E-state index is 12.5. The third-order valence-electron chi connectivity index (χ3n) is 4.95. The Hall–Kier alpha value is -1.21. The highest BCUT2D eigenvalue weighted by Crippen LogP contribution is 2.44. The molecule has 4 nitrogen and oxygen atoms in total. The molecule has 1 unspecified atom stereocenters. The van der Waals surface area contributed by atoms with Crippen LogP contribution in [-0.2, 0) is 21.2 Å². The van der Waals surface area contributed by atoms with E-state index in [2.05, 4.69) is 10.8 Å². The topological polar surface area (TPSA) is 66.4 Å². The molecule has 2 N–H and O–H groups in total. The molecule has 1 aromatic heterocycles. The molecule has 1 heterocycles. The third kappa shape index (κ3) is 4.50. The molecule has 0 saturated heterocycles. The van der Waals surface area contributed by atoms with Crippen LogP contribution in [0.5, 0.6) is 0 Å². The normalized spacial score (nSPS) is 18.3. The molecule has 1 fully saturated rings. The molecule has 136 valence electrons. The van der Waals surface area contributed by atoms with Gasteiger partial charge in [0.2, 0.25) is 10.0 Å². The molecule has 0 aliphatic heterocycles. The van der Waals surface area contributed by atoms with Crippen molar-refractivity contribution in [2.24, 2.45) is 0 Å². The Balaban J connectivity index is 1.73. The minimum atomic E-state index is -3.37. The van der Waals surface area contributed by atoms with Crippen molar-refractivity contribution in [3.63, 3.8) is 0 Å². The Kier molecular flexibility index (Phi) is 5.63. The van der Waals surface area contributed by atoms with Crippen molar-refractivity contribution in [3.8, 4) is 0 Å². The predicted molar refractivity (Wildman–Crippen MR) is 102 cm³/mol. The Morgan fingerprint density at radius 2 is 1.84 bits per heavy atom. The van der Waals surface area contributed by atoms with E-state index < -0.39 is 16.1 Å². The maximum Gasteiger partial charge on any atom is 0.215 e. The van der Waals surface area contributed by atoms with E-state index in [4.69, 9.17) is 0 Å². The molecule has 0 radical (unpaired) electrons. The van der Waals surface area contributed by atoms with E-state index in [0.29, 0.717) is 6.54 Å². The Morgan fingerprint density at radius 3 is 2.44 bits per heavy atom. The monoisotopic (exact) mass is 379 g/mol. The average molecular weight is 380 g/mol. The zero-order chi connectivity index (χ0) is 17.9. The summed E-state index contributed by atoms with van der Waals surface area (Å²) in [5, 5.41) is 9.79. The smallest absolute Gasteiger partial charge is 0.215 e. The quantitative estimate of drug-likeness (QED) is 0.770. The van der Waals surface area contributed by atoms with E-state index >= 15 is 0 Å². The van der Waals surface area contributed by atoms with Crippen LogP contribution in [0.3, 0.4) is 0 Å². The summed E-state index contributed by atoms with van der Waals surface area (Å²) in [4.78, 5) is 2.12. The van der Waals surface area contributed by atoms with Crippen molar-refractivity contribution in [2.45, 2.75) is 49.9 Å². The van der Waals surface area contributed by atoms with Gasteiger partial charge in [0.15, 0.2) is 0 Å². The van der Waals surface area contributed by atoms with Crippen molar-refractivity contribution in [3.05, 3.63) is 57.8 Å². The van der Waals surface area contributed by atoms with Crippen LogP contribution >= 0.6 is 11.3 Å². The molecular formula is C19H25NO3S2. The molecule has 1 atom stereocenters. The Labute approximate surface area is 154 Å². The highest BCUT2D eigenvalue weighted by molar-refractivity contribution is 7.88. The van der Waals surface area contributed by atoms with Gasteiger partial charge < -0.3 is 5.11 Å². The van der Waals surface area contributed by atoms with Gasteiger partial charge in [-0.2, -0.15) is 0 Å². The molecule has 1 aromatic carbocycles. The SMILES string of the molecule is CC(O)c1ccc(C2(CNS(=O)(=O)Cc3ccccc3)CCCC2)s1. The lowest BCUT2D eigenvalue weighted by atomic mass is 9.85. The number of hydrogen-bond acceptors (Lipinski definition) is 4. The lowest BCUT2D eigenvalue weighted by Gasteiger charge is -2.28. The summed E-state index contributed by atoms with van der Waals surface area (Å²) in [7, 11) is -3.37. The fourth-order valence-corrected chi connectivity index (χ4v) is 5.94. The summed E-state index contributed by atoms with van der Waals surface area (Å²) in [6.45, 7) is 2.20.